The third kappa shape index (κ3) is 3.17. The standard InChI is InChI=1S/C17H22N6/c1-2-10-22(9-1)17-19-8-5-14(21-17)12-23-11-3-4-16(23)15-6-7-18-13-20-15/h5-8,13,16H,1-4,9-12H2/t16-/m1/s1. The van der Waals surface area contributed by atoms with Crippen molar-refractivity contribution in [2.24, 2.45) is 0 Å². The fourth-order valence-electron chi connectivity index (χ4n) is 3.60. The second kappa shape index (κ2) is 6.58. The van der Waals surface area contributed by atoms with Gasteiger partial charge in [-0.05, 0) is 44.4 Å². The van der Waals surface area contributed by atoms with Crippen LogP contribution in [0.4, 0.5) is 5.95 Å². The van der Waals surface area contributed by atoms with Crippen molar-refractivity contribution in [2.45, 2.75) is 38.3 Å². The summed E-state index contributed by atoms with van der Waals surface area (Å²) in [5.74, 6) is 0.887. The highest BCUT2D eigenvalue weighted by molar-refractivity contribution is 5.31. The van der Waals surface area contributed by atoms with Crippen LogP contribution in [0, 0.1) is 0 Å². The minimum atomic E-state index is 0.378. The van der Waals surface area contributed by atoms with Gasteiger partial charge in [0, 0.05) is 32.0 Å². The number of aromatic nitrogens is 4. The molecule has 0 saturated carbocycles. The van der Waals surface area contributed by atoms with E-state index in [0.717, 1.165) is 49.9 Å². The van der Waals surface area contributed by atoms with Crippen LogP contribution in [0.1, 0.15) is 43.1 Å². The lowest BCUT2D eigenvalue weighted by atomic mass is 10.1. The van der Waals surface area contributed by atoms with Gasteiger partial charge in [0.1, 0.15) is 6.33 Å². The molecule has 0 radical (unpaired) electrons. The Morgan fingerprint density at radius 3 is 2.74 bits per heavy atom. The summed E-state index contributed by atoms with van der Waals surface area (Å²) in [6.07, 6.45) is 10.2. The molecule has 6 heteroatoms. The molecule has 2 aromatic heterocycles. The number of hydrogen-bond donors (Lipinski definition) is 0. The van der Waals surface area contributed by atoms with Gasteiger partial charge in [-0.3, -0.25) is 4.90 Å². The van der Waals surface area contributed by atoms with Crippen LogP contribution in [0.5, 0.6) is 0 Å². The quantitative estimate of drug-likeness (QED) is 0.863. The van der Waals surface area contributed by atoms with E-state index in [4.69, 9.17) is 4.98 Å². The van der Waals surface area contributed by atoms with Crippen LogP contribution in [0.2, 0.25) is 0 Å². The highest BCUT2D eigenvalue weighted by atomic mass is 15.3. The fourth-order valence-corrected chi connectivity index (χ4v) is 3.60. The molecular formula is C17H22N6. The summed E-state index contributed by atoms with van der Waals surface area (Å²) in [6.45, 7) is 4.11. The predicted octanol–water partition coefficient (Wildman–Crippen LogP) is 2.20. The molecule has 120 valence electrons. The third-order valence-electron chi connectivity index (χ3n) is 4.76. The average Bonchev–Trinajstić information content (AvgIpc) is 3.28. The topological polar surface area (TPSA) is 58.0 Å². The summed E-state index contributed by atoms with van der Waals surface area (Å²) >= 11 is 0. The van der Waals surface area contributed by atoms with Crippen LogP contribution in [0.25, 0.3) is 0 Å². The zero-order valence-corrected chi connectivity index (χ0v) is 13.3. The van der Waals surface area contributed by atoms with Gasteiger partial charge in [0.25, 0.3) is 0 Å². The Labute approximate surface area is 136 Å². The predicted molar refractivity (Wildman–Crippen MR) is 87.9 cm³/mol. The van der Waals surface area contributed by atoms with Gasteiger partial charge in [-0.15, -0.1) is 0 Å². The highest BCUT2D eigenvalue weighted by Gasteiger charge is 2.27. The molecule has 0 unspecified atom stereocenters. The maximum atomic E-state index is 4.79. The lowest BCUT2D eigenvalue weighted by Crippen LogP contribution is -2.25. The number of likely N-dealkylation sites (tertiary alicyclic amines) is 1. The first-order chi connectivity index (χ1) is 11.4. The van der Waals surface area contributed by atoms with E-state index in [-0.39, 0.29) is 0 Å². The first-order valence-electron chi connectivity index (χ1n) is 8.47. The summed E-state index contributed by atoms with van der Waals surface area (Å²) in [5.41, 5.74) is 2.22. The highest BCUT2D eigenvalue weighted by Crippen LogP contribution is 2.31. The van der Waals surface area contributed by atoms with Gasteiger partial charge in [0.2, 0.25) is 5.95 Å². The summed E-state index contributed by atoms with van der Waals surface area (Å²) < 4.78 is 0. The third-order valence-corrected chi connectivity index (χ3v) is 4.76. The van der Waals surface area contributed by atoms with E-state index in [9.17, 15) is 0 Å². The molecule has 4 heterocycles. The molecule has 23 heavy (non-hydrogen) atoms. The largest absolute Gasteiger partial charge is 0.341 e. The maximum Gasteiger partial charge on any atom is 0.225 e. The molecule has 0 aliphatic carbocycles. The smallest absolute Gasteiger partial charge is 0.225 e. The Morgan fingerprint density at radius 1 is 1.00 bits per heavy atom. The van der Waals surface area contributed by atoms with Crippen LogP contribution in [-0.2, 0) is 6.54 Å². The average molecular weight is 310 g/mol. The summed E-state index contributed by atoms with van der Waals surface area (Å²) in [7, 11) is 0. The van der Waals surface area contributed by atoms with Crippen molar-refractivity contribution in [3.63, 3.8) is 0 Å². The number of nitrogens with zero attached hydrogens (tertiary/aromatic N) is 6. The van der Waals surface area contributed by atoms with Crippen molar-refractivity contribution in [3.05, 3.63) is 42.2 Å². The number of hydrogen-bond acceptors (Lipinski definition) is 6. The molecule has 0 bridgehead atoms. The summed E-state index contributed by atoms with van der Waals surface area (Å²) in [4.78, 5) is 22.5. The molecule has 1 atom stereocenters. The van der Waals surface area contributed by atoms with E-state index in [0.29, 0.717) is 6.04 Å². The Morgan fingerprint density at radius 2 is 1.91 bits per heavy atom. The first-order valence-corrected chi connectivity index (χ1v) is 8.47. The van der Waals surface area contributed by atoms with Crippen molar-refractivity contribution in [1.82, 2.24) is 24.8 Å². The molecular weight excluding hydrogens is 288 g/mol. The van der Waals surface area contributed by atoms with Gasteiger partial charge in [-0.1, -0.05) is 0 Å². The first kappa shape index (κ1) is 14.5. The molecule has 2 saturated heterocycles. The van der Waals surface area contributed by atoms with Gasteiger partial charge in [0.15, 0.2) is 0 Å². The van der Waals surface area contributed by atoms with E-state index in [1.807, 2.05) is 24.5 Å². The van der Waals surface area contributed by atoms with Gasteiger partial charge in [-0.25, -0.2) is 19.9 Å². The van der Waals surface area contributed by atoms with Gasteiger partial charge in [-0.2, -0.15) is 0 Å². The Hall–Kier alpha value is -2.08. The zero-order chi connectivity index (χ0) is 15.5. The van der Waals surface area contributed by atoms with Gasteiger partial charge in [0.05, 0.1) is 17.4 Å². The number of rotatable bonds is 4. The molecule has 4 rings (SSSR count). The van der Waals surface area contributed by atoms with Crippen molar-refractivity contribution in [3.8, 4) is 0 Å². The van der Waals surface area contributed by atoms with E-state index in [2.05, 4.69) is 24.8 Å². The molecule has 0 spiro atoms. The van der Waals surface area contributed by atoms with E-state index in [1.165, 1.54) is 19.3 Å². The summed E-state index contributed by atoms with van der Waals surface area (Å²) in [6, 6.07) is 4.44. The molecule has 2 fully saturated rings. The molecule has 0 amide bonds. The van der Waals surface area contributed by atoms with Crippen molar-refractivity contribution in [2.75, 3.05) is 24.5 Å². The van der Waals surface area contributed by atoms with Crippen molar-refractivity contribution < 1.29 is 0 Å². The molecule has 2 aliphatic rings. The Kier molecular flexibility index (Phi) is 4.15. The zero-order valence-electron chi connectivity index (χ0n) is 13.3. The SMILES string of the molecule is c1cc([C@H]2CCCN2Cc2ccnc(N3CCCC3)n2)ncn1. The second-order valence-electron chi connectivity index (χ2n) is 6.30. The molecule has 2 aromatic rings. The molecule has 2 aliphatic heterocycles. The minimum absolute atomic E-state index is 0.378. The van der Waals surface area contributed by atoms with Crippen LogP contribution < -0.4 is 4.90 Å². The van der Waals surface area contributed by atoms with Crippen LogP contribution >= 0.6 is 0 Å². The van der Waals surface area contributed by atoms with Gasteiger partial charge < -0.3 is 4.90 Å². The second-order valence-corrected chi connectivity index (χ2v) is 6.30. The fraction of sp³-hybridized carbons (Fsp3) is 0.529. The van der Waals surface area contributed by atoms with E-state index >= 15 is 0 Å². The van der Waals surface area contributed by atoms with Crippen LogP contribution in [0.3, 0.4) is 0 Å². The lowest BCUT2D eigenvalue weighted by molar-refractivity contribution is 0.241. The minimum Gasteiger partial charge on any atom is -0.341 e. The van der Waals surface area contributed by atoms with E-state index in [1.54, 1.807) is 6.33 Å². The monoisotopic (exact) mass is 310 g/mol. The van der Waals surface area contributed by atoms with Gasteiger partial charge >= 0.3 is 0 Å². The molecule has 0 aromatic carbocycles. The Bertz CT molecular complexity index is 641. The van der Waals surface area contributed by atoms with E-state index < -0.39 is 0 Å². The van der Waals surface area contributed by atoms with Crippen LogP contribution in [-0.4, -0.2) is 44.5 Å². The van der Waals surface area contributed by atoms with Crippen molar-refractivity contribution >= 4 is 5.95 Å². The number of anilines is 1. The lowest BCUT2D eigenvalue weighted by Gasteiger charge is -2.24. The summed E-state index contributed by atoms with van der Waals surface area (Å²) in [5, 5.41) is 0. The van der Waals surface area contributed by atoms with Crippen molar-refractivity contribution in [1.29, 1.82) is 0 Å². The maximum absolute atomic E-state index is 4.79. The molecule has 6 nitrogen and oxygen atoms in total. The normalized spacial score (nSPS) is 21.9. The Balaban J connectivity index is 1.50. The van der Waals surface area contributed by atoms with Crippen LogP contribution in [0.15, 0.2) is 30.9 Å². The molecule has 0 N–H and O–H groups in total.